The SMILES string of the molecule is COc1ccc(C=NCC(=O)c2sc(-c3cccc(Cl)c3C)nc2C)cc1O. The summed E-state index contributed by atoms with van der Waals surface area (Å²) in [6, 6.07) is 10.6. The van der Waals surface area contributed by atoms with Crippen LogP contribution in [0.3, 0.4) is 0 Å². The Bertz CT molecular complexity index is 1060. The number of hydrogen-bond donors (Lipinski definition) is 1. The van der Waals surface area contributed by atoms with Crippen LogP contribution in [0.5, 0.6) is 11.5 Å². The van der Waals surface area contributed by atoms with Crippen molar-refractivity contribution in [2.75, 3.05) is 13.7 Å². The van der Waals surface area contributed by atoms with Crippen LogP contribution in [-0.2, 0) is 0 Å². The standard InChI is InChI=1S/C21H19ClN2O3S/c1-12-15(5-4-6-16(12)22)21-24-13(2)20(28-21)18(26)11-23-10-14-7-8-19(27-3)17(25)9-14/h4-10,25H,11H2,1-3H3. The van der Waals surface area contributed by atoms with Crippen LogP contribution < -0.4 is 4.74 Å². The summed E-state index contributed by atoms with van der Waals surface area (Å²) in [5.41, 5.74) is 3.23. The molecule has 1 aromatic heterocycles. The normalized spacial score (nSPS) is 11.1. The number of methoxy groups -OCH3 is 1. The van der Waals surface area contributed by atoms with Crippen LogP contribution in [0, 0.1) is 13.8 Å². The number of rotatable bonds is 6. The van der Waals surface area contributed by atoms with Crippen LogP contribution in [0.15, 0.2) is 41.4 Å². The van der Waals surface area contributed by atoms with Gasteiger partial charge in [0.05, 0.1) is 17.7 Å². The second-order valence-corrected chi connectivity index (χ2v) is 7.58. The first-order valence-electron chi connectivity index (χ1n) is 8.53. The van der Waals surface area contributed by atoms with Crippen LogP contribution in [0.25, 0.3) is 10.6 Å². The molecule has 3 aromatic rings. The first-order valence-corrected chi connectivity index (χ1v) is 9.73. The molecule has 0 fully saturated rings. The number of hydrogen-bond acceptors (Lipinski definition) is 6. The minimum Gasteiger partial charge on any atom is -0.504 e. The van der Waals surface area contributed by atoms with E-state index in [0.29, 0.717) is 26.9 Å². The van der Waals surface area contributed by atoms with E-state index in [1.165, 1.54) is 24.5 Å². The summed E-state index contributed by atoms with van der Waals surface area (Å²) in [5, 5.41) is 11.2. The molecular weight excluding hydrogens is 396 g/mol. The molecule has 0 amide bonds. The van der Waals surface area contributed by atoms with Crippen molar-refractivity contribution < 1.29 is 14.6 Å². The topological polar surface area (TPSA) is 71.8 Å². The molecule has 0 aliphatic heterocycles. The van der Waals surface area contributed by atoms with Gasteiger partial charge >= 0.3 is 0 Å². The number of nitrogens with zero attached hydrogens (tertiary/aromatic N) is 2. The lowest BCUT2D eigenvalue weighted by Crippen LogP contribution is -2.03. The molecule has 0 saturated heterocycles. The van der Waals surface area contributed by atoms with E-state index < -0.39 is 0 Å². The Morgan fingerprint density at radius 1 is 1.32 bits per heavy atom. The first-order chi connectivity index (χ1) is 13.4. The highest BCUT2D eigenvalue weighted by atomic mass is 35.5. The Balaban J connectivity index is 1.75. The Labute approximate surface area is 172 Å². The number of aliphatic imine (C=N–C) groups is 1. The van der Waals surface area contributed by atoms with Gasteiger partial charge in [0, 0.05) is 16.8 Å². The fourth-order valence-electron chi connectivity index (χ4n) is 2.70. The molecular formula is C21H19ClN2O3S. The van der Waals surface area contributed by atoms with E-state index in [1.54, 1.807) is 18.3 Å². The number of phenols is 1. The summed E-state index contributed by atoms with van der Waals surface area (Å²) in [6.45, 7) is 3.76. The summed E-state index contributed by atoms with van der Waals surface area (Å²) in [7, 11) is 1.48. The number of aromatic hydroxyl groups is 1. The van der Waals surface area contributed by atoms with Gasteiger partial charge in [-0.3, -0.25) is 9.79 Å². The maximum Gasteiger partial charge on any atom is 0.196 e. The number of aromatic nitrogens is 1. The zero-order chi connectivity index (χ0) is 20.3. The lowest BCUT2D eigenvalue weighted by atomic mass is 10.1. The van der Waals surface area contributed by atoms with Crippen LogP contribution in [0.4, 0.5) is 0 Å². The molecule has 0 unspecified atom stereocenters. The summed E-state index contributed by atoms with van der Waals surface area (Å²) in [4.78, 5) is 21.9. The highest BCUT2D eigenvalue weighted by Gasteiger charge is 2.17. The predicted octanol–water partition coefficient (Wildman–Crippen LogP) is 5.10. The maximum absolute atomic E-state index is 12.6. The average molecular weight is 415 g/mol. The number of carbonyl (C=O) groups excluding carboxylic acids is 1. The number of halogens is 1. The van der Waals surface area contributed by atoms with Gasteiger partial charge in [-0.2, -0.15) is 0 Å². The van der Waals surface area contributed by atoms with Gasteiger partial charge < -0.3 is 9.84 Å². The second kappa shape index (κ2) is 8.54. The van der Waals surface area contributed by atoms with E-state index in [2.05, 4.69) is 9.98 Å². The van der Waals surface area contributed by atoms with Crippen LogP contribution in [-0.4, -0.2) is 35.7 Å². The highest BCUT2D eigenvalue weighted by Crippen LogP contribution is 2.33. The van der Waals surface area contributed by atoms with E-state index in [9.17, 15) is 9.90 Å². The summed E-state index contributed by atoms with van der Waals surface area (Å²) in [5.74, 6) is 0.310. The smallest absolute Gasteiger partial charge is 0.196 e. The molecule has 3 rings (SSSR count). The number of carbonyl (C=O) groups is 1. The van der Waals surface area contributed by atoms with E-state index >= 15 is 0 Å². The monoisotopic (exact) mass is 414 g/mol. The van der Waals surface area contributed by atoms with E-state index in [4.69, 9.17) is 16.3 Å². The number of benzene rings is 2. The Morgan fingerprint density at radius 2 is 2.11 bits per heavy atom. The average Bonchev–Trinajstić information content (AvgIpc) is 3.05. The van der Waals surface area contributed by atoms with E-state index in [1.807, 2.05) is 32.0 Å². The van der Waals surface area contributed by atoms with Crippen molar-refractivity contribution in [1.29, 1.82) is 0 Å². The van der Waals surface area contributed by atoms with E-state index in [0.717, 1.165) is 16.1 Å². The van der Waals surface area contributed by atoms with Gasteiger partial charge in [-0.15, -0.1) is 11.3 Å². The van der Waals surface area contributed by atoms with Gasteiger partial charge in [-0.05, 0) is 49.2 Å². The van der Waals surface area contributed by atoms with E-state index in [-0.39, 0.29) is 18.1 Å². The highest BCUT2D eigenvalue weighted by molar-refractivity contribution is 7.17. The Hall–Kier alpha value is -2.70. The number of ketones is 1. The molecule has 0 aliphatic carbocycles. The molecule has 1 N–H and O–H groups in total. The zero-order valence-electron chi connectivity index (χ0n) is 15.7. The molecule has 28 heavy (non-hydrogen) atoms. The van der Waals surface area contributed by atoms with Gasteiger partial charge in [-0.1, -0.05) is 23.7 Å². The van der Waals surface area contributed by atoms with Crippen LogP contribution in [0.2, 0.25) is 5.02 Å². The van der Waals surface area contributed by atoms with Gasteiger partial charge in [0.1, 0.15) is 11.6 Å². The number of ether oxygens (including phenoxy) is 1. The number of aryl methyl sites for hydroxylation is 1. The third-order valence-electron chi connectivity index (χ3n) is 4.23. The van der Waals surface area contributed by atoms with Crippen molar-refractivity contribution in [2.24, 2.45) is 4.99 Å². The number of Topliss-reactive ketones (excluding diaryl/α,β-unsaturated/α-hetero) is 1. The third kappa shape index (κ3) is 4.24. The molecule has 0 saturated carbocycles. The largest absolute Gasteiger partial charge is 0.504 e. The molecule has 0 aliphatic rings. The lowest BCUT2D eigenvalue weighted by molar-refractivity contribution is 0.100. The molecule has 144 valence electrons. The summed E-state index contributed by atoms with van der Waals surface area (Å²) < 4.78 is 5.01. The number of thiazole rings is 1. The lowest BCUT2D eigenvalue weighted by Gasteiger charge is -2.03. The molecule has 7 heteroatoms. The molecule has 2 aromatic carbocycles. The van der Waals surface area contributed by atoms with Crippen molar-refractivity contribution in [1.82, 2.24) is 4.98 Å². The predicted molar refractivity (Wildman–Crippen MR) is 113 cm³/mol. The van der Waals surface area contributed by atoms with Gasteiger partial charge in [0.15, 0.2) is 17.3 Å². The maximum atomic E-state index is 12.6. The fraction of sp³-hybridized carbons (Fsp3) is 0.190. The van der Waals surface area contributed by atoms with Gasteiger partial charge in [-0.25, -0.2) is 4.98 Å². The van der Waals surface area contributed by atoms with Crippen molar-refractivity contribution >= 4 is 34.9 Å². The third-order valence-corrected chi connectivity index (χ3v) is 5.87. The van der Waals surface area contributed by atoms with Crippen LogP contribution in [0.1, 0.15) is 26.5 Å². The first kappa shape index (κ1) is 20.0. The number of phenolic OH excluding ortho intramolecular Hbond substituents is 1. The molecule has 1 heterocycles. The summed E-state index contributed by atoms with van der Waals surface area (Å²) >= 11 is 7.54. The zero-order valence-corrected chi connectivity index (χ0v) is 17.3. The molecule has 5 nitrogen and oxygen atoms in total. The van der Waals surface area contributed by atoms with Gasteiger partial charge in [0.2, 0.25) is 0 Å². The van der Waals surface area contributed by atoms with Crippen LogP contribution >= 0.6 is 22.9 Å². The van der Waals surface area contributed by atoms with Crippen molar-refractivity contribution in [2.45, 2.75) is 13.8 Å². The van der Waals surface area contributed by atoms with Crippen molar-refractivity contribution in [3.05, 3.63) is 63.1 Å². The van der Waals surface area contributed by atoms with Crippen molar-refractivity contribution in [3.8, 4) is 22.1 Å². The Morgan fingerprint density at radius 3 is 2.82 bits per heavy atom. The molecule has 0 spiro atoms. The Kier molecular flexibility index (Phi) is 6.11. The van der Waals surface area contributed by atoms with Crippen molar-refractivity contribution in [3.63, 3.8) is 0 Å². The second-order valence-electron chi connectivity index (χ2n) is 6.17. The minimum absolute atomic E-state index is 0.00376. The molecule has 0 atom stereocenters. The summed E-state index contributed by atoms with van der Waals surface area (Å²) in [6.07, 6.45) is 1.55. The quantitative estimate of drug-likeness (QED) is 0.450. The van der Waals surface area contributed by atoms with Gasteiger partial charge in [0.25, 0.3) is 0 Å². The molecule has 0 bridgehead atoms. The minimum atomic E-state index is -0.102. The fourth-order valence-corrected chi connectivity index (χ4v) is 3.96. The molecule has 0 radical (unpaired) electrons.